The summed E-state index contributed by atoms with van der Waals surface area (Å²) in [6.45, 7) is -1.45. The standard InChI is InChI=1S/C15H22O12/c1-2-7(18)26-15-13(11(22)9(20)6(4-17)25-15)27-14-12(23)10(21)8(19)5(3-16)24-14/h1,5-6,8-17,19-23H,3-4H2. The van der Waals surface area contributed by atoms with Gasteiger partial charge < -0.3 is 54.7 Å². The van der Waals surface area contributed by atoms with Crippen molar-refractivity contribution in [3.8, 4) is 12.3 Å². The van der Waals surface area contributed by atoms with Gasteiger partial charge in [0.1, 0.15) is 42.7 Å². The van der Waals surface area contributed by atoms with Crippen LogP contribution in [0.5, 0.6) is 0 Å². The molecule has 7 N–H and O–H groups in total. The maximum absolute atomic E-state index is 11.4. The fraction of sp³-hybridized carbons (Fsp3) is 0.800. The summed E-state index contributed by atoms with van der Waals surface area (Å²) in [6, 6.07) is 0. The Bertz CT molecular complexity index is 547. The average Bonchev–Trinajstić information content (AvgIpc) is 2.67. The van der Waals surface area contributed by atoms with Crippen LogP contribution in [0.1, 0.15) is 0 Å². The van der Waals surface area contributed by atoms with Gasteiger partial charge >= 0.3 is 5.97 Å². The highest BCUT2D eigenvalue weighted by molar-refractivity contribution is 5.87. The number of hydrogen-bond donors (Lipinski definition) is 7. The molecule has 2 saturated heterocycles. The molecule has 10 atom stereocenters. The molecule has 2 rings (SSSR count). The van der Waals surface area contributed by atoms with Gasteiger partial charge in [0.2, 0.25) is 6.29 Å². The van der Waals surface area contributed by atoms with Gasteiger partial charge in [-0.1, -0.05) is 0 Å². The predicted molar refractivity (Wildman–Crippen MR) is 81.3 cm³/mol. The van der Waals surface area contributed by atoms with E-state index >= 15 is 0 Å². The third-order valence-electron chi connectivity index (χ3n) is 4.31. The van der Waals surface area contributed by atoms with Crippen molar-refractivity contribution in [2.45, 2.75) is 61.4 Å². The highest BCUT2D eigenvalue weighted by Crippen LogP contribution is 2.29. The van der Waals surface area contributed by atoms with E-state index in [1.807, 2.05) is 0 Å². The van der Waals surface area contributed by atoms with E-state index in [2.05, 4.69) is 0 Å². The quantitative estimate of drug-likeness (QED) is 0.133. The van der Waals surface area contributed by atoms with Crippen LogP contribution in [0.4, 0.5) is 0 Å². The van der Waals surface area contributed by atoms with Crippen LogP contribution < -0.4 is 0 Å². The summed E-state index contributed by atoms with van der Waals surface area (Å²) in [5.41, 5.74) is 0. The Kier molecular flexibility index (Phi) is 7.48. The van der Waals surface area contributed by atoms with E-state index in [0.717, 1.165) is 0 Å². The SMILES string of the molecule is C#CC(=O)OC1OC(CO)C(O)C(O)C1OC1OC(CO)C(O)C(O)C1O. The monoisotopic (exact) mass is 394 g/mol. The summed E-state index contributed by atoms with van der Waals surface area (Å²) in [5, 5.41) is 68.2. The second-order valence-electron chi connectivity index (χ2n) is 6.05. The van der Waals surface area contributed by atoms with Crippen molar-refractivity contribution in [2.24, 2.45) is 0 Å². The Labute approximate surface area is 153 Å². The Morgan fingerprint density at radius 1 is 0.852 bits per heavy atom. The van der Waals surface area contributed by atoms with Crippen LogP contribution in [-0.4, -0.2) is 116 Å². The predicted octanol–water partition coefficient (Wildman–Crippen LogP) is -5.21. The highest BCUT2D eigenvalue weighted by Gasteiger charge is 2.51. The molecule has 0 aliphatic carbocycles. The van der Waals surface area contributed by atoms with Crippen LogP contribution in [0.15, 0.2) is 0 Å². The summed E-state index contributed by atoms with van der Waals surface area (Å²) in [5.74, 6) is 0.451. The summed E-state index contributed by atoms with van der Waals surface area (Å²) in [6.07, 6.45) is -11.4. The van der Waals surface area contributed by atoms with E-state index in [-0.39, 0.29) is 0 Å². The van der Waals surface area contributed by atoms with E-state index in [9.17, 15) is 40.5 Å². The fourth-order valence-corrected chi connectivity index (χ4v) is 2.77. The van der Waals surface area contributed by atoms with Crippen molar-refractivity contribution in [1.82, 2.24) is 0 Å². The average molecular weight is 394 g/mol. The molecule has 27 heavy (non-hydrogen) atoms. The molecular weight excluding hydrogens is 372 g/mol. The van der Waals surface area contributed by atoms with Gasteiger partial charge in [0.05, 0.1) is 13.2 Å². The Hall–Kier alpha value is -1.37. The van der Waals surface area contributed by atoms with Crippen molar-refractivity contribution in [1.29, 1.82) is 0 Å². The molecule has 0 radical (unpaired) electrons. The summed E-state index contributed by atoms with van der Waals surface area (Å²) in [4.78, 5) is 11.4. The first-order chi connectivity index (χ1) is 12.7. The first kappa shape index (κ1) is 21.9. The number of aliphatic hydroxyl groups excluding tert-OH is 7. The number of rotatable bonds is 5. The molecule has 0 saturated carbocycles. The Morgan fingerprint density at radius 2 is 1.37 bits per heavy atom. The van der Waals surface area contributed by atoms with Crippen LogP contribution >= 0.6 is 0 Å². The number of terminal acetylenes is 1. The molecule has 0 spiro atoms. The molecule has 0 aromatic carbocycles. The molecule has 0 bridgehead atoms. The van der Waals surface area contributed by atoms with Crippen LogP contribution in [-0.2, 0) is 23.7 Å². The molecule has 12 heteroatoms. The Balaban J connectivity index is 2.21. The Morgan fingerprint density at radius 3 is 1.89 bits per heavy atom. The molecule has 12 nitrogen and oxygen atoms in total. The lowest BCUT2D eigenvalue weighted by atomic mass is 9.97. The first-order valence-corrected chi connectivity index (χ1v) is 8.00. The molecule has 10 unspecified atom stereocenters. The number of aliphatic hydroxyl groups is 7. The molecule has 0 amide bonds. The molecular formula is C15H22O12. The van der Waals surface area contributed by atoms with Gasteiger partial charge in [-0.25, -0.2) is 4.79 Å². The van der Waals surface area contributed by atoms with Crippen LogP contribution in [0, 0.1) is 12.3 Å². The van der Waals surface area contributed by atoms with Crippen molar-refractivity contribution in [3.05, 3.63) is 0 Å². The largest absolute Gasteiger partial charge is 0.423 e. The minimum Gasteiger partial charge on any atom is -0.423 e. The summed E-state index contributed by atoms with van der Waals surface area (Å²) < 4.78 is 20.4. The highest BCUT2D eigenvalue weighted by atomic mass is 16.8. The maximum atomic E-state index is 11.4. The molecule has 0 aromatic heterocycles. The van der Waals surface area contributed by atoms with Gasteiger partial charge in [-0.15, -0.1) is 6.42 Å². The van der Waals surface area contributed by atoms with Crippen LogP contribution in [0.2, 0.25) is 0 Å². The molecule has 154 valence electrons. The third kappa shape index (κ3) is 4.55. The van der Waals surface area contributed by atoms with Gasteiger partial charge in [0.25, 0.3) is 0 Å². The lowest BCUT2D eigenvalue weighted by Crippen LogP contribution is -2.64. The second kappa shape index (κ2) is 9.22. The number of ether oxygens (including phenoxy) is 4. The zero-order valence-electron chi connectivity index (χ0n) is 13.9. The summed E-state index contributed by atoms with van der Waals surface area (Å²) >= 11 is 0. The van der Waals surface area contributed by atoms with Gasteiger partial charge in [-0.3, -0.25) is 0 Å². The number of carbonyl (C=O) groups is 1. The fourth-order valence-electron chi connectivity index (χ4n) is 2.77. The second-order valence-corrected chi connectivity index (χ2v) is 6.05. The van der Waals surface area contributed by atoms with Gasteiger partial charge in [-0.05, 0) is 0 Å². The van der Waals surface area contributed by atoms with Crippen molar-refractivity contribution >= 4 is 5.97 Å². The normalized spacial score (nSPS) is 45.1. The lowest BCUT2D eigenvalue weighted by Gasteiger charge is -2.45. The molecule has 2 aliphatic heterocycles. The maximum Gasteiger partial charge on any atom is 0.386 e. The van der Waals surface area contributed by atoms with Gasteiger partial charge in [0, 0.05) is 5.92 Å². The van der Waals surface area contributed by atoms with Crippen molar-refractivity contribution in [3.63, 3.8) is 0 Å². The van der Waals surface area contributed by atoms with Crippen LogP contribution in [0.3, 0.4) is 0 Å². The third-order valence-corrected chi connectivity index (χ3v) is 4.31. The summed E-state index contributed by atoms with van der Waals surface area (Å²) in [7, 11) is 0. The van der Waals surface area contributed by atoms with E-state index in [4.69, 9.17) is 25.4 Å². The number of esters is 1. The van der Waals surface area contributed by atoms with Gasteiger partial charge in [-0.2, -0.15) is 0 Å². The zero-order valence-corrected chi connectivity index (χ0v) is 13.9. The lowest BCUT2D eigenvalue weighted by molar-refractivity contribution is -0.362. The molecule has 0 aromatic rings. The smallest absolute Gasteiger partial charge is 0.386 e. The van der Waals surface area contributed by atoms with Crippen molar-refractivity contribution in [2.75, 3.05) is 13.2 Å². The van der Waals surface area contributed by atoms with Crippen LogP contribution in [0.25, 0.3) is 0 Å². The van der Waals surface area contributed by atoms with E-state index in [1.54, 1.807) is 5.92 Å². The number of hydrogen-bond acceptors (Lipinski definition) is 12. The molecule has 2 heterocycles. The topological polar surface area (TPSA) is 196 Å². The number of carbonyl (C=O) groups excluding carboxylic acids is 1. The minimum absolute atomic E-state index is 0.723. The van der Waals surface area contributed by atoms with E-state index in [0.29, 0.717) is 0 Å². The molecule has 2 fully saturated rings. The van der Waals surface area contributed by atoms with Gasteiger partial charge in [0.15, 0.2) is 12.4 Å². The molecule has 2 aliphatic rings. The minimum atomic E-state index is -1.81. The van der Waals surface area contributed by atoms with Crippen molar-refractivity contribution < 1.29 is 59.5 Å². The van der Waals surface area contributed by atoms with E-state index in [1.165, 1.54) is 0 Å². The van der Waals surface area contributed by atoms with E-state index < -0.39 is 80.6 Å². The first-order valence-electron chi connectivity index (χ1n) is 8.00. The zero-order chi connectivity index (χ0) is 20.3.